The molecule has 1 aliphatic rings. The van der Waals surface area contributed by atoms with Gasteiger partial charge in [0.05, 0.1) is 21.5 Å². The van der Waals surface area contributed by atoms with Crippen molar-refractivity contribution in [2.24, 2.45) is 5.73 Å². The maximum absolute atomic E-state index is 13.3. The second-order valence-electron chi connectivity index (χ2n) is 5.32. The SMILES string of the molecule is CS(=O)(=O)C1CCCC1(CN)Nc1cc(F)ccc1Cl. The van der Waals surface area contributed by atoms with Gasteiger partial charge in [-0.3, -0.25) is 0 Å². The minimum Gasteiger partial charge on any atom is -0.376 e. The first-order valence-electron chi connectivity index (χ1n) is 6.41. The van der Waals surface area contributed by atoms with Crippen molar-refractivity contribution >= 4 is 27.1 Å². The molecule has 20 heavy (non-hydrogen) atoms. The highest BCUT2D eigenvalue weighted by Crippen LogP contribution is 2.38. The number of anilines is 1. The summed E-state index contributed by atoms with van der Waals surface area (Å²) >= 11 is 6.04. The fourth-order valence-electron chi connectivity index (χ4n) is 2.95. The molecule has 0 aromatic heterocycles. The molecule has 112 valence electrons. The minimum atomic E-state index is -3.24. The molecule has 0 bridgehead atoms. The summed E-state index contributed by atoms with van der Waals surface area (Å²) in [5, 5.41) is 2.86. The highest BCUT2D eigenvalue weighted by molar-refractivity contribution is 7.91. The molecule has 0 spiro atoms. The van der Waals surface area contributed by atoms with Crippen molar-refractivity contribution in [2.45, 2.75) is 30.1 Å². The lowest BCUT2D eigenvalue weighted by Crippen LogP contribution is -2.54. The molecular formula is C13H18ClFN2O2S. The van der Waals surface area contributed by atoms with E-state index in [0.29, 0.717) is 23.6 Å². The first kappa shape index (κ1) is 15.5. The Hall–Kier alpha value is -0.850. The van der Waals surface area contributed by atoms with Crippen LogP contribution in [-0.2, 0) is 9.84 Å². The standard InChI is InChI=1S/C13H18ClFN2O2S/c1-20(18,19)12-3-2-6-13(12,8-16)17-11-7-9(15)4-5-10(11)14/h4-5,7,12,17H,2-3,6,8,16H2,1H3. The van der Waals surface area contributed by atoms with Crippen LogP contribution in [0.25, 0.3) is 0 Å². The Labute approximate surface area is 123 Å². The van der Waals surface area contributed by atoms with Crippen LogP contribution < -0.4 is 11.1 Å². The molecule has 2 atom stereocenters. The summed E-state index contributed by atoms with van der Waals surface area (Å²) in [6.07, 6.45) is 3.14. The second kappa shape index (κ2) is 5.50. The Morgan fingerprint density at radius 1 is 1.55 bits per heavy atom. The molecule has 0 heterocycles. The van der Waals surface area contributed by atoms with Gasteiger partial charge in [0.2, 0.25) is 0 Å². The van der Waals surface area contributed by atoms with E-state index >= 15 is 0 Å². The van der Waals surface area contributed by atoms with Crippen LogP contribution in [0.5, 0.6) is 0 Å². The van der Waals surface area contributed by atoms with Gasteiger partial charge in [0.15, 0.2) is 9.84 Å². The number of hydrogen-bond donors (Lipinski definition) is 2. The van der Waals surface area contributed by atoms with Crippen LogP contribution in [0.1, 0.15) is 19.3 Å². The number of benzene rings is 1. The molecule has 0 aliphatic heterocycles. The Morgan fingerprint density at radius 3 is 2.85 bits per heavy atom. The van der Waals surface area contributed by atoms with E-state index in [9.17, 15) is 12.8 Å². The van der Waals surface area contributed by atoms with Gasteiger partial charge >= 0.3 is 0 Å². The number of sulfone groups is 1. The highest BCUT2D eigenvalue weighted by atomic mass is 35.5. The Morgan fingerprint density at radius 2 is 2.25 bits per heavy atom. The fourth-order valence-corrected chi connectivity index (χ4v) is 4.81. The zero-order valence-electron chi connectivity index (χ0n) is 11.2. The molecule has 1 aromatic carbocycles. The molecule has 2 rings (SSSR count). The lowest BCUT2D eigenvalue weighted by atomic mass is 9.96. The lowest BCUT2D eigenvalue weighted by molar-refractivity contribution is 0.479. The van der Waals surface area contributed by atoms with E-state index in [2.05, 4.69) is 5.32 Å². The third-order valence-electron chi connectivity index (χ3n) is 3.90. The molecule has 1 aromatic rings. The van der Waals surface area contributed by atoms with Crippen LogP contribution in [0.4, 0.5) is 10.1 Å². The lowest BCUT2D eigenvalue weighted by Gasteiger charge is -2.35. The third kappa shape index (κ3) is 2.92. The van der Waals surface area contributed by atoms with Crippen molar-refractivity contribution in [1.82, 2.24) is 0 Å². The zero-order chi connectivity index (χ0) is 15.0. The third-order valence-corrected chi connectivity index (χ3v) is 5.95. The maximum Gasteiger partial charge on any atom is 0.152 e. The molecule has 4 nitrogen and oxygen atoms in total. The molecule has 1 aliphatic carbocycles. The molecule has 1 fully saturated rings. The minimum absolute atomic E-state index is 0.150. The Kier molecular flexibility index (Phi) is 4.27. The van der Waals surface area contributed by atoms with Crippen LogP contribution in [0.3, 0.4) is 0 Å². The van der Waals surface area contributed by atoms with Crippen molar-refractivity contribution in [3.05, 3.63) is 29.0 Å². The largest absolute Gasteiger partial charge is 0.376 e. The zero-order valence-corrected chi connectivity index (χ0v) is 12.8. The van der Waals surface area contributed by atoms with Crippen molar-refractivity contribution in [1.29, 1.82) is 0 Å². The van der Waals surface area contributed by atoms with Crippen molar-refractivity contribution in [2.75, 3.05) is 18.1 Å². The first-order valence-corrected chi connectivity index (χ1v) is 8.74. The van der Waals surface area contributed by atoms with Crippen LogP contribution >= 0.6 is 11.6 Å². The summed E-state index contributed by atoms with van der Waals surface area (Å²) in [4.78, 5) is 0. The van der Waals surface area contributed by atoms with E-state index < -0.39 is 26.4 Å². The summed E-state index contributed by atoms with van der Waals surface area (Å²) < 4.78 is 37.2. The van der Waals surface area contributed by atoms with E-state index in [0.717, 1.165) is 6.42 Å². The Bertz CT molecular complexity index is 608. The number of halogens is 2. The monoisotopic (exact) mass is 320 g/mol. The van der Waals surface area contributed by atoms with Crippen molar-refractivity contribution in [3.63, 3.8) is 0 Å². The molecule has 0 radical (unpaired) electrons. The van der Waals surface area contributed by atoms with Gasteiger partial charge in [-0.25, -0.2) is 12.8 Å². The van der Waals surface area contributed by atoms with Crippen molar-refractivity contribution < 1.29 is 12.8 Å². The first-order chi connectivity index (χ1) is 9.28. The molecule has 7 heteroatoms. The summed E-state index contributed by atoms with van der Waals surface area (Å²) in [6, 6.07) is 3.95. The van der Waals surface area contributed by atoms with Crippen LogP contribution in [0.2, 0.25) is 5.02 Å². The number of rotatable bonds is 4. The van der Waals surface area contributed by atoms with Gasteiger partial charge in [0, 0.05) is 12.8 Å². The highest BCUT2D eigenvalue weighted by Gasteiger charge is 2.47. The molecular weight excluding hydrogens is 303 g/mol. The van der Waals surface area contributed by atoms with Gasteiger partial charge in [0.1, 0.15) is 5.82 Å². The quantitative estimate of drug-likeness (QED) is 0.892. The number of nitrogens with two attached hydrogens (primary N) is 1. The van der Waals surface area contributed by atoms with Crippen LogP contribution in [0.15, 0.2) is 18.2 Å². The topological polar surface area (TPSA) is 72.2 Å². The molecule has 1 saturated carbocycles. The number of hydrogen-bond acceptors (Lipinski definition) is 4. The summed E-state index contributed by atoms with van der Waals surface area (Å²) in [5.41, 5.74) is 5.42. The van der Waals surface area contributed by atoms with E-state index in [1.54, 1.807) is 0 Å². The van der Waals surface area contributed by atoms with Gasteiger partial charge in [0.25, 0.3) is 0 Å². The second-order valence-corrected chi connectivity index (χ2v) is 7.96. The van der Waals surface area contributed by atoms with E-state index in [1.807, 2.05) is 0 Å². The molecule has 0 amide bonds. The van der Waals surface area contributed by atoms with Gasteiger partial charge < -0.3 is 11.1 Å². The van der Waals surface area contributed by atoms with Crippen molar-refractivity contribution in [3.8, 4) is 0 Å². The van der Waals surface area contributed by atoms with Gasteiger partial charge in [-0.1, -0.05) is 11.6 Å². The molecule has 2 unspecified atom stereocenters. The molecule has 0 saturated heterocycles. The predicted octanol–water partition coefficient (Wildman–Crippen LogP) is 2.19. The summed E-state index contributed by atoms with van der Waals surface area (Å²) in [7, 11) is -3.24. The average molecular weight is 321 g/mol. The van der Waals surface area contributed by atoms with Gasteiger partial charge in [-0.05, 0) is 37.5 Å². The van der Waals surface area contributed by atoms with Gasteiger partial charge in [-0.15, -0.1) is 0 Å². The Balaban J connectivity index is 2.39. The summed E-state index contributed by atoms with van der Waals surface area (Å²) in [5.74, 6) is -0.432. The summed E-state index contributed by atoms with van der Waals surface area (Å²) in [6.45, 7) is 0.150. The van der Waals surface area contributed by atoms with Gasteiger partial charge in [-0.2, -0.15) is 0 Å². The fraction of sp³-hybridized carbons (Fsp3) is 0.538. The maximum atomic E-state index is 13.3. The van der Waals surface area contributed by atoms with E-state index in [1.165, 1.54) is 24.5 Å². The predicted molar refractivity (Wildman–Crippen MR) is 79.3 cm³/mol. The van der Waals surface area contributed by atoms with E-state index in [-0.39, 0.29) is 6.54 Å². The smallest absolute Gasteiger partial charge is 0.152 e. The normalized spacial score (nSPS) is 26.7. The average Bonchev–Trinajstić information content (AvgIpc) is 2.78. The van der Waals surface area contributed by atoms with E-state index in [4.69, 9.17) is 17.3 Å². The van der Waals surface area contributed by atoms with Crippen LogP contribution in [0, 0.1) is 5.82 Å². The molecule has 3 N–H and O–H groups in total. The van der Waals surface area contributed by atoms with Crippen LogP contribution in [-0.4, -0.2) is 32.0 Å². The number of nitrogens with one attached hydrogen (secondary N) is 1.